The smallest absolute Gasteiger partial charge is 0.383 e. The van der Waals surface area contributed by atoms with Crippen molar-refractivity contribution in [2.45, 2.75) is 25.7 Å². The van der Waals surface area contributed by atoms with Crippen LogP contribution in [0.2, 0.25) is 0 Å². The first-order valence-corrected chi connectivity index (χ1v) is 5.18. The molecule has 0 saturated heterocycles. The topological polar surface area (TPSA) is 34.1 Å². The quantitative estimate of drug-likeness (QED) is 0.867. The second kappa shape index (κ2) is 5.97. The van der Waals surface area contributed by atoms with Gasteiger partial charge in [-0.3, -0.25) is 4.98 Å². The largest absolute Gasteiger partial charge is 0.417 e. The number of pyridine rings is 1. The third-order valence-corrected chi connectivity index (χ3v) is 2.20. The molecule has 3 nitrogen and oxygen atoms in total. The van der Waals surface area contributed by atoms with Crippen LogP contribution in [-0.2, 0) is 17.5 Å². The van der Waals surface area contributed by atoms with Crippen LogP contribution in [0.3, 0.4) is 0 Å². The molecule has 1 aromatic heterocycles. The van der Waals surface area contributed by atoms with E-state index in [0.717, 1.165) is 12.3 Å². The molecule has 1 aromatic rings. The number of ether oxygens (including phenoxy) is 1. The molecule has 0 unspecified atom stereocenters. The van der Waals surface area contributed by atoms with Crippen molar-refractivity contribution in [3.8, 4) is 0 Å². The number of hydrogen-bond acceptors (Lipinski definition) is 3. The fourth-order valence-electron chi connectivity index (χ4n) is 1.28. The number of methoxy groups -OCH3 is 1. The summed E-state index contributed by atoms with van der Waals surface area (Å²) in [7, 11) is 1.59. The number of hydrogen-bond donors (Lipinski definition) is 1. The minimum atomic E-state index is -4.33. The van der Waals surface area contributed by atoms with Crippen LogP contribution in [0.4, 0.5) is 13.2 Å². The summed E-state index contributed by atoms with van der Waals surface area (Å²) in [6.45, 7) is 2.89. The van der Waals surface area contributed by atoms with Crippen molar-refractivity contribution in [2.75, 3.05) is 13.7 Å². The second-order valence-electron chi connectivity index (χ2n) is 3.77. The molecule has 96 valence electrons. The van der Waals surface area contributed by atoms with E-state index in [1.165, 1.54) is 6.07 Å². The molecule has 1 heterocycles. The predicted molar refractivity (Wildman–Crippen MR) is 57.4 cm³/mol. The van der Waals surface area contributed by atoms with Gasteiger partial charge in [0.2, 0.25) is 0 Å². The third-order valence-electron chi connectivity index (χ3n) is 2.20. The second-order valence-corrected chi connectivity index (χ2v) is 3.77. The van der Waals surface area contributed by atoms with Gasteiger partial charge in [0.25, 0.3) is 0 Å². The number of rotatable bonds is 5. The Balaban J connectivity index is 2.51. The van der Waals surface area contributed by atoms with E-state index in [0.29, 0.717) is 18.8 Å². The summed E-state index contributed by atoms with van der Waals surface area (Å²) in [5, 5.41) is 3.09. The molecule has 0 spiro atoms. The molecule has 0 fully saturated rings. The standard InChI is InChI=1S/C11H15F3N2O/c1-8(7-17-2)15-6-10-4-3-9(5-16-10)11(12,13)14/h3-5,8,15H,6-7H2,1-2H3/t8-/m1/s1. The predicted octanol–water partition coefficient (Wildman–Crippen LogP) is 2.22. The zero-order valence-corrected chi connectivity index (χ0v) is 9.71. The number of nitrogens with one attached hydrogen (secondary N) is 1. The molecule has 0 aliphatic rings. The minimum Gasteiger partial charge on any atom is -0.383 e. The van der Waals surface area contributed by atoms with Gasteiger partial charge in [-0.05, 0) is 19.1 Å². The Morgan fingerprint density at radius 3 is 2.59 bits per heavy atom. The highest BCUT2D eigenvalue weighted by atomic mass is 19.4. The lowest BCUT2D eigenvalue weighted by Gasteiger charge is -2.12. The monoisotopic (exact) mass is 248 g/mol. The molecule has 1 N–H and O–H groups in total. The average molecular weight is 248 g/mol. The Bertz CT molecular complexity index is 338. The molecule has 0 aliphatic heterocycles. The van der Waals surface area contributed by atoms with Crippen molar-refractivity contribution in [2.24, 2.45) is 0 Å². The summed E-state index contributed by atoms with van der Waals surface area (Å²) in [6.07, 6.45) is -3.49. The Kier molecular flexibility index (Phi) is 4.89. The highest BCUT2D eigenvalue weighted by Crippen LogP contribution is 2.28. The first-order valence-electron chi connectivity index (χ1n) is 5.18. The Morgan fingerprint density at radius 2 is 2.12 bits per heavy atom. The van der Waals surface area contributed by atoms with Crippen molar-refractivity contribution in [3.63, 3.8) is 0 Å². The molecule has 1 rings (SSSR count). The first-order chi connectivity index (χ1) is 7.93. The van der Waals surface area contributed by atoms with Gasteiger partial charge in [-0.25, -0.2) is 0 Å². The van der Waals surface area contributed by atoms with E-state index in [1.807, 2.05) is 6.92 Å². The summed E-state index contributed by atoms with van der Waals surface area (Å²) in [5.74, 6) is 0. The molecule has 0 aliphatic carbocycles. The van der Waals surface area contributed by atoms with Crippen molar-refractivity contribution in [1.82, 2.24) is 10.3 Å². The molecule has 0 bridgehead atoms. The molecule has 0 amide bonds. The van der Waals surface area contributed by atoms with Crippen LogP contribution in [0.1, 0.15) is 18.2 Å². The van der Waals surface area contributed by atoms with E-state index < -0.39 is 11.7 Å². The van der Waals surface area contributed by atoms with Gasteiger partial charge in [0.1, 0.15) is 0 Å². The van der Waals surface area contributed by atoms with Gasteiger partial charge in [-0.15, -0.1) is 0 Å². The zero-order valence-electron chi connectivity index (χ0n) is 9.71. The zero-order chi connectivity index (χ0) is 12.9. The van der Waals surface area contributed by atoms with Gasteiger partial charge in [0, 0.05) is 25.9 Å². The van der Waals surface area contributed by atoms with Crippen LogP contribution >= 0.6 is 0 Å². The molecular weight excluding hydrogens is 233 g/mol. The van der Waals surface area contributed by atoms with Gasteiger partial charge in [-0.1, -0.05) is 0 Å². The van der Waals surface area contributed by atoms with Crippen LogP contribution in [0.15, 0.2) is 18.3 Å². The summed E-state index contributed by atoms with van der Waals surface area (Å²) in [5.41, 5.74) is -0.160. The van der Waals surface area contributed by atoms with Crippen molar-refractivity contribution in [3.05, 3.63) is 29.6 Å². The summed E-state index contributed by atoms with van der Waals surface area (Å²) >= 11 is 0. The fraction of sp³-hybridized carbons (Fsp3) is 0.545. The molecule has 0 aromatic carbocycles. The fourth-order valence-corrected chi connectivity index (χ4v) is 1.28. The number of halogens is 3. The lowest BCUT2D eigenvalue weighted by Crippen LogP contribution is -2.29. The van der Waals surface area contributed by atoms with E-state index in [1.54, 1.807) is 7.11 Å². The minimum absolute atomic E-state index is 0.129. The van der Waals surface area contributed by atoms with Crippen LogP contribution in [0.5, 0.6) is 0 Å². The van der Waals surface area contributed by atoms with E-state index in [9.17, 15) is 13.2 Å². The normalized spacial score (nSPS) is 13.7. The molecular formula is C11H15F3N2O. The number of nitrogens with zero attached hydrogens (tertiary/aromatic N) is 1. The maximum Gasteiger partial charge on any atom is 0.417 e. The van der Waals surface area contributed by atoms with Gasteiger partial charge < -0.3 is 10.1 Å². The molecule has 6 heteroatoms. The number of aromatic nitrogens is 1. The lowest BCUT2D eigenvalue weighted by molar-refractivity contribution is -0.137. The summed E-state index contributed by atoms with van der Waals surface area (Å²) in [4.78, 5) is 3.75. The number of alkyl halides is 3. The van der Waals surface area contributed by atoms with Crippen molar-refractivity contribution in [1.29, 1.82) is 0 Å². The van der Waals surface area contributed by atoms with E-state index in [-0.39, 0.29) is 6.04 Å². The summed E-state index contributed by atoms with van der Waals surface area (Å²) in [6, 6.07) is 2.53. The van der Waals surface area contributed by atoms with Gasteiger partial charge in [-0.2, -0.15) is 13.2 Å². The van der Waals surface area contributed by atoms with Gasteiger partial charge >= 0.3 is 6.18 Å². The third kappa shape index (κ3) is 4.70. The van der Waals surface area contributed by atoms with E-state index >= 15 is 0 Å². The molecule has 1 atom stereocenters. The van der Waals surface area contributed by atoms with Crippen LogP contribution < -0.4 is 5.32 Å². The van der Waals surface area contributed by atoms with Crippen LogP contribution in [-0.4, -0.2) is 24.7 Å². The highest BCUT2D eigenvalue weighted by Gasteiger charge is 2.30. The maximum atomic E-state index is 12.3. The van der Waals surface area contributed by atoms with Crippen molar-refractivity contribution >= 4 is 0 Å². The average Bonchev–Trinajstić information content (AvgIpc) is 2.26. The van der Waals surface area contributed by atoms with Crippen molar-refractivity contribution < 1.29 is 17.9 Å². The maximum absolute atomic E-state index is 12.3. The molecule has 0 radical (unpaired) electrons. The van der Waals surface area contributed by atoms with Crippen LogP contribution in [0.25, 0.3) is 0 Å². The molecule has 0 saturated carbocycles. The Morgan fingerprint density at radius 1 is 1.41 bits per heavy atom. The van der Waals surface area contributed by atoms with E-state index in [4.69, 9.17) is 4.74 Å². The SMILES string of the molecule is COC[C@@H](C)NCc1ccc(C(F)(F)F)cn1. The van der Waals surface area contributed by atoms with Gasteiger partial charge in [0.05, 0.1) is 17.9 Å². The van der Waals surface area contributed by atoms with E-state index in [2.05, 4.69) is 10.3 Å². The Labute approximate surface area is 98.0 Å². The summed E-state index contributed by atoms with van der Waals surface area (Å²) < 4.78 is 41.7. The first kappa shape index (κ1) is 13.9. The van der Waals surface area contributed by atoms with Gasteiger partial charge in [0.15, 0.2) is 0 Å². The molecule has 17 heavy (non-hydrogen) atoms. The lowest BCUT2D eigenvalue weighted by atomic mass is 10.2. The Hall–Kier alpha value is -1.14. The highest BCUT2D eigenvalue weighted by molar-refractivity contribution is 5.16. The van der Waals surface area contributed by atoms with Crippen LogP contribution in [0, 0.1) is 0 Å².